The van der Waals surface area contributed by atoms with Gasteiger partial charge < -0.3 is 4.98 Å². The van der Waals surface area contributed by atoms with E-state index in [-0.39, 0.29) is 11.4 Å². The third-order valence-corrected chi connectivity index (χ3v) is 4.15. The summed E-state index contributed by atoms with van der Waals surface area (Å²) in [5.74, 6) is 3.54. The number of aromatic nitrogens is 1. The Morgan fingerprint density at radius 1 is 1.53 bits per heavy atom. The van der Waals surface area contributed by atoms with Crippen molar-refractivity contribution in [2.24, 2.45) is 0 Å². The van der Waals surface area contributed by atoms with Crippen molar-refractivity contribution in [3.63, 3.8) is 0 Å². The Bertz CT molecular complexity index is 557. The zero-order valence-electron chi connectivity index (χ0n) is 8.97. The number of aromatic amines is 1. The molecule has 5 nitrogen and oxygen atoms in total. The molecule has 0 fully saturated rings. The van der Waals surface area contributed by atoms with Gasteiger partial charge in [0.05, 0.1) is 5.75 Å². The fourth-order valence-corrected chi connectivity index (χ4v) is 2.79. The summed E-state index contributed by atoms with van der Waals surface area (Å²) in [4.78, 5) is 13.6. The number of thioether (sulfide) groups is 1. The van der Waals surface area contributed by atoms with Crippen molar-refractivity contribution in [1.82, 2.24) is 9.71 Å². The Morgan fingerprint density at radius 3 is 2.94 bits per heavy atom. The van der Waals surface area contributed by atoms with E-state index >= 15 is 0 Å². The van der Waals surface area contributed by atoms with E-state index in [1.165, 1.54) is 30.2 Å². The van der Waals surface area contributed by atoms with Crippen molar-refractivity contribution in [3.05, 3.63) is 28.7 Å². The third-order valence-electron chi connectivity index (χ3n) is 1.80. The Labute approximate surface area is 104 Å². The SMILES string of the molecule is C#CCSCCNS(=O)(=O)c1c[nH]ccc1=O. The number of pyridine rings is 1. The molecule has 0 aliphatic carbocycles. The molecule has 0 radical (unpaired) electrons. The first kappa shape index (κ1) is 13.8. The molecule has 0 bridgehead atoms. The molecule has 0 saturated heterocycles. The van der Waals surface area contributed by atoms with E-state index in [4.69, 9.17) is 6.42 Å². The summed E-state index contributed by atoms with van der Waals surface area (Å²) in [5, 5.41) is 0. The topological polar surface area (TPSA) is 79.0 Å². The van der Waals surface area contributed by atoms with E-state index in [2.05, 4.69) is 15.6 Å². The average molecular weight is 272 g/mol. The lowest BCUT2D eigenvalue weighted by Crippen LogP contribution is -2.30. The lowest BCUT2D eigenvalue weighted by atomic mass is 10.5. The highest BCUT2D eigenvalue weighted by atomic mass is 32.2. The highest BCUT2D eigenvalue weighted by Crippen LogP contribution is 2.01. The van der Waals surface area contributed by atoms with E-state index < -0.39 is 15.5 Å². The fourth-order valence-electron chi connectivity index (χ4n) is 1.07. The summed E-state index contributed by atoms with van der Waals surface area (Å²) in [5.41, 5.74) is -0.535. The smallest absolute Gasteiger partial charge is 0.245 e. The molecule has 7 heteroatoms. The predicted molar refractivity (Wildman–Crippen MR) is 68.4 cm³/mol. The summed E-state index contributed by atoms with van der Waals surface area (Å²) in [6.07, 6.45) is 7.60. The molecule has 1 heterocycles. The van der Waals surface area contributed by atoms with Gasteiger partial charge in [0.2, 0.25) is 15.5 Å². The molecule has 0 atom stereocenters. The summed E-state index contributed by atoms with van der Waals surface area (Å²) in [7, 11) is -3.74. The lowest BCUT2D eigenvalue weighted by molar-refractivity contribution is 0.583. The van der Waals surface area contributed by atoms with Crippen molar-refractivity contribution < 1.29 is 8.42 Å². The second-order valence-electron chi connectivity index (χ2n) is 3.03. The van der Waals surface area contributed by atoms with Gasteiger partial charge in [-0.3, -0.25) is 4.79 Å². The minimum atomic E-state index is -3.74. The van der Waals surface area contributed by atoms with Crippen LogP contribution in [0.4, 0.5) is 0 Å². The van der Waals surface area contributed by atoms with Gasteiger partial charge in [0.1, 0.15) is 4.90 Å². The van der Waals surface area contributed by atoms with Crippen LogP contribution in [-0.4, -0.2) is 31.5 Å². The maximum atomic E-state index is 11.7. The van der Waals surface area contributed by atoms with E-state index in [1.54, 1.807) is 0 Å². The number of nitrogens with one attached hydrogen (secondary N) is 2. The van der Waals surface area contributed by atoms with Gasteiger partial charge in [-0.2, -0.15) is 0 Å². The summed E-state index contributed by atoms with van der Waals surface area (Å²) in [6, 6.07) is 1.17. The Balaban J connectivity index is 2.62. The van der Waals surface area contributed by atoms with Crippen LogP contribution in [0.25, 0.3) is 0 Å². The van der Waals surface area contributed by atoms with E-state index in [9.17, 15) is 13.2 Å². The molecular weight excluding hydrogens is 260 g/mol. The number of hydrogen-bond donors (Lipinski definition) is 2. The molecule has 1 rings (SSSR count). The Morgan fingerprint density at radius 2 is 2.29 bits per heavy atom. The zero-order valence-corrected chi connectivity index (χ0v) is 10.6. The van der Waals surface area contributed by atoms with Gasteiger partial charge >= 0.3 is 0 Å². The van der Waals surface area contributed by atoms with Gasteiger partial charge in [0, 0.05) is 30.8 Å². The highest BCUT2D eigenvalue weighted by Gasteiger charge is 2.16. The summed E-state index contributed by atoms with van der Waals surface area (Å²) >= 11 is 1.44. The van der Waals surface area contributed by atoms with Crippen LogP contribution in [0.2, 0.25) is 0 Å². The molecule has 0 aliphatic heterocycles. The zero-order chi connectivity index (χ0) is 12.7. The number of hydrogen-bond acceptors (Lipinski definition) is 4. The molecule has 0 amide bonds. The molecule has 0 spiro atoms. The van der Waals surface area contributed by atoms with Gasteiger partial charge in [0.15, 0.2) is 0 Å². The second kappa shape index (κ2) is 6.49. The van der Waals surface area contributed by atoms with Crippen LogP contribution in [0.15, 0.2) is 28.2 Å². The monoisotopic (exact) mass is 272 g/mol. The molecule has 0 saturated carbocycles. The molecule has 1 aromatic heterocycles. The van der Waals surface area contributed by atoms with Gasteiger partial charge in [-0.1, -0.05) is 5.92 Å². The normalized spacial score (nSPS) is 11.0. The molecule has 0 aliphatic rings. The molecule has 2 N–H and O–H groups in total. The predicted octanol–water partition coefficient (Wildman–Crippen LogP) is 0.0196. The first-order valence-electron chi connectivity index (χ1n) is 4.76. The first-order valence-corrected chi connectivity index (χ1v) is 7.39. The summed E-state index contributed by atoms with van der Waals surface area (Å²) < 4.78 is 25.7. The van der Waals surface area contributed by atoms with E-state index in [0.29, 0.717) is 11.5 Å². The van der Waals surface area contributed by atoms with Crippen molar-refractivity contribution in [2.75, 3.05) is 18.1 Å². The average Bonchev–Trinajstić information content (AvgIpc) is 2.29. The van der Waals surface area contributed by atoms with E-state index in [1.807, 2.05) is 0 Å². The van der Waals surface area contributed by atoms with Gasteiger partial charge in [-0.25, -0.2) is 13.1 Å². The fraction of sp³-hybridized carbons (Fsp3) is 0.300. The van der Waals surface area contributed by atoms with Gasteiger partial charge in [-0.05, 0) is 0 Å². The summed E-state index contributed by atoms with van der Waals surface area (Å²) in [6.45, 7) is 0.239. The minimum absolute atomic E-state index is 0.239. The molecule has 1 aromatic rings. The van der Waals surface area contributed by atoms with Crippen LogP contribution in [0.5, 0.6) is 0 Å². The number of H-pyrrole nitrogens is 1. The molecule has 0 aromatic carbocycles. The van der Waals surface area contributed by atoms with Crippen molar-refractivity contribution >= 4 is 21.8 Å². The van der Waals surface area contributed by atoms with Crippen molar-refractivity contribution in [1.29, 1.82) is 0 Å². The Hall–Kier alpha value is -1.23. The molecule has 0 unspecified atom stereocenters. The number of rotatable bonds is 6. The second-order valence-corrected chi connectivity index (χ2v) is 5.87. The number of terminal acetylenes is 1. The standard InChI is InChI=1S/C10H12N2O3S2/c1-2-6-16-7-5-12-17(14,15)10-8-11-4-3-9(10)13/h1,3-4,8,12H,5-7H2,(H,11,13). The highest BCUT2D eigenvalue weighted by molar-refractivity contribution is 7.99. The van der Waals surface area contributed by atoms with Gasteiger partial charge in [0.25, 0.3) is 0 Å². The van der Waals surface area contributed by atoms with E-state index in [0.717, 1.165) is 0 Å². The number of sulfonamides is 1. The largest absolute Gasteiger partial charge is 0.366 e. The molecule has 17 heavy (non-hydrogen) atoms. The van der Waals surface area contributed by atoms with Crippen LogP contribution in [-0.2, 0) is 10.0 Å². The van der Waals surface area contributed by atoms with Crippen LogP contribution < -0.4 is 10.2 Å². The third kappa shape index (κ3) is 4.26. The van der Waals surface area contributed by atoms with Crippen LogP contribution in [0.1, 0.15) is 0 Å². The molecular formula is C10H12N2O3S2. The quantitative estimate of drug-likeness (QED) is 0.565. The molecule has 92 valence electrons. The lowest BCUT2D eigenvalue weighted by Gasteiger charge is -2.04. The van der Waals surface area contributed by atoms with Gasteiger partial charge in [-0.15, -0.1) is 18.2 Å². The first-order chi connectivity index (χ1) is 8.08. The Kier molecular flexibility index (Phi) is 5.28. The van der Waals surface area contributed by atoms with Crippen molar-refractivity contribution in [2.45, 2.75) is 4.90 Å². The minimum Gasteiger partial charge on any atom is -0.366 e. The maximum Gasteiger partial charge on any atom is 0.245 e. The van der Waals surface area contributed by atoms with Crippen LogP contribution >= 0.6 is 11.8 Å². The van der Waals surface area contributed by atoms with Crippen LogP contribution in [0, 0.1) is 12.3 Å². The van der Waals surface area contributed by atoms with Crippen LogP contribution in [0.3, 0.4) is 0 Å². The maximum absolute atomic E-state index is 11.7. The van der Waals surface area contributed by atoms with Crippen molar-refractivity contribution in [3.8, 4) is 12.3 Å².